The number of primary amides is 1. The molecule has 26 heavy (non-hydrogen) atoms. The van der Waals surface area contributed by atoms with Crippen LogP contribution in [0, 0.1) is 5.92 Å². The van der Waals surface area contributed by atoms with Crippen LogP contribution in [0.1, 0.15) is 23.5 Å². The van der Waals surface area contributed by atoms with Crippen LogP contribution in [0.2, 0.25) is 0 Å². The molecule has 0 aromatic heterocycles. The summed E-state index contributed by atoms with van der Waals surface area (Å²) in [6.07, 6.45) is -3.66. The van der Waals surface area contributed by atoms with Crippen LogP contribution in [0.3, 0.4) is 0 Å². The summed E-state index contributed by atoms with van der Waals surface area (Å²) in [5, 5.41) is 9.86. The Morgan fingerprint density at radius 1 is 1.19 bits per heavy atom. The molecule has 2 amide bonds. The number of rotatable bonds is 5. The zero-order chi connectivity index (χ0) is 18.9. The summed E-state index contributed by atoms with van der Waals surface area (Å²) in [5.41, 5.74) is 5.14. The summed E-state index contributed by atoms with van der Waals surface area (Å²) in [5.74, 6) is 0.730. The monoisotopic (exact) mass is 366 g/mol. The molecule has 0 saturated heterocycles. The van der Waals surface area contributed by atoms with E-state index in [1.807, 2.05) is 6.07 Å². The number of nitrogens with zero attached hydrogens (tertiary/aromatic N) is 1. The third kappa shape index (κ3) is 4.26. The molecule has 3 rings (SSSR count). The Bertz CT molecular complexity index is 810. The van der Waals surface area contributed by atoms with Crippen molar-refractivity contribution in [1.82, 2.24) is 5.06 Å². The van der Waals surface area contributed by atoms with E-state index in [2.05, 4.69) is 0 Å². The molecule has 2 aromatic rings. The molecule has 2 atom stereocenters. The lowest BCUT2D eigenvalue weighted by molar-refractivity contribution is -0.137. The molecule has 0 radical (unpaired) electrons. The van der Waals surface area contributed by atoms with Gasteiger partial charge < -0.3 is 10.5 Å². The Balaban J connectivity index is 1.68. The van der Waals surface area contributed by atoms with Gasteiger partial charge in [-0.15, -0.1) is 0 Å². The van der Waals surface area contributed by atoms with Crippen LogP contribution >= 0.6 is 0 Å². The second-order valence-electron chi connectivity index (χ2n) is 6.22. The third-order valence-corrected chi connectivity index (χ3v) is 4.27. The predicted octanol–water partition coefficient (Wildman–Crippen LogP) is 4.37. The van der Waals surface area contributed by atoms with Gasteiger partial charge in [0.25, 0.3) is 0 Å². The molecule has 5 nitrogen and oxygen atoms in total. The largest absolute Gasteiger partial charge is 0.457 e. The molecule has 0 bridgehead atoms. The molecule has 0 unspecified atom stereocenters. The van der Waals surface area contributed by atoms with Crippen LogP contribution in [-0.4, -0.2) is 22.8 Å². The minimum atomic E-state index is -4.43. The van der Waals surface area contributed by atoms with E-state index >= 15 is 0 Å². The Hall–Kier alpha value is -2.74. The van der Waals surface area contributed by atoms with E-state index < -0.39 is 17.8 Å². The van der Waals surface area contributed by atoms with E-state index in [-0.39, 0.29) is 24.1 Å². The first-order chi connectivity index (χ1) is 12.2. The number of nitrogens with two attached hydrogens (primary N) is 1. The predicted molar refractivity (Wildman–Crippen MR) is 86.9 cm³/mol. The number of hydroxylamine groups is 2. The summed E-state index contributed by atoms with van der Waals surface area (Å²) in [4.78, 5) is 10.9. The first-order valence-corrected chi connectivity index (χ1v) is 7.95. The number of hydrogen-bond donors (Lipinski definition) is 2. The van der Waals surface area contributed by atoms with E-state index in [1.165, 1.54) is 12.1 Å². The van der Waals surface area contributed by atoms with Gasteiger partial charge in [0, 0.05) is 0 Å². The lowest BCUT2D eigenvalue weighted by Gasteiger charge is -2.12. The molecule has 1 aliphatic carbocycles. The molecule has 0 aliphatic heterocycles. The molecule has 0 heterocycles. The summed E-state index contributed by atoms with van der Waals surface area (Å²) < 4.78 is 43.9. The van der Waals surface area contributed by atoms with Crippen molar-refractivity contribution in [3.05, 3.63) is 59.7 Å². The number of benzene rings is 2. The fourth-order valence-corrected chi connectivity index (χ4v) is 2.85. The Kier molecular flexibility index (Phi) is 4.78. The second-order valence-corrected chi connectivity index (χ2v) is 6.22. The van der Waals surface area contributed by atoms with Crippen molar-refractivity contribution in [2.45, 2.75) is 18.5 Å². The minimum absolute atomic E-state index is 0.0799. The number of ether oxygens (including phenoxy) is 1. The van der Waals surface area contributed by atoms with E-state index in [1.54, 1.807) is 18.2 Å². The van der Waals surface area contributed by atoms with Gasteiger partial charge in [0.05, 0.1) is 12.1 Å². The van der Waals surface area contributed by atoms with E-state index in [0.29, 0.717) is 10.8 Å². The van der Waals surface area contributed by atoms with Crippen molar-refractivity contribution in [2.75, 3.05) is 6.54 Å². The van der Waals surface area contributed by atoms with Gasteiger partial charge in [-0.2, -0.15) is 13.2 Å². The first-order valence-electron chi connectivity index (χ1n) is 7.95. The van der Waals surface area contributed by atoms with Crippen molar-refractivity contribution < 1.29 is 27.9 Å². The SMILES string of the molecule is NC(=O)N(O)C[C@@H]1C[C@H]1c1cccc(Oc2cccc(C(F)(F)F)c2)c1. The van der Waals surface area contributed by atoms with Gasteiger partial charge in [0.15, 0.2) is 0 Å². The maximum absolute atomic E-state index is 12.8. The van der Waals surface area contributed by atoms with Gasteiger partial charge in [-0.05, 0) is 54.2 Å². The molecule has 1 aliphatic rings. The van der Waals surface area contributed by atoms with Crippen molar-refractivity contribution in [2.24, 2.45) is 11.7 Å². The highest BCUT2D eigenvalue weighted by Crippen LogP contribution is 2.48. The number of halogens is 3. The van der Waals surface area contributed by atoms with Crippen LogP contribution in [0.25, 0.3) is 0 Å². The molecule has 1 fully saturated rings. The third-order valence-electron chi connectivity index (χ3n) is 4.27. The number of alkyl halides is 3. The molecule has 138 valence electrons. The highest BCUT2D eigenvalue weighted by atomic mass is 19.4. The van der Waals surface area contributed by atoms with Gasteiger partial charge in [0.2, 0.25) is 0 Å². The van der Waals surface area contributed by atoms with Crippen molar-refractivity contribution in [3.63, 3.8) is 0 Å². The lowest BCUT2D eigenvalue weighted by Crippen LogP contribution is -2.34. The summed E-state index contributed by atoms with van der Waals surface area (Å²) in [7, 11) is 0. The van der Waals surface area contributed by atoms with Crippen LogP contribution in [-0.2, 0) is 6.18 Å². The van der Waals surface area contributed by atoms with Crippen LogP contribution < -0.4 is 10.5 Å². The summed E-state index contributed by atoms with van der Waals surface area (Å²) >= 11 is 0. The van der Waals surface area contributed by atoms with Crippen molar-refractivity contribution >= 4 is 6.03 Å². The number of urea groups is 1. The zero-order valence-corrected chi connectivity index (χ0v) is 13.6. The normalized spacial score (nSPS) is 19.1. The second kappa shape index (κ2) is 6.87. The number of amides is 2. The Morgan fingerprint density at radius 2 is 1.85 bits per heavy atom. The molecule has 3 N–H and O–H groups in total. The maximum atomic E-state index is 12.8. The van der Waals surface area contributed by atoms with E-state index in [9.17, 15) is 23.2 Å². The number of carbonyl (C=O) groups is 1. The van der Waals surface area contributed by atoms with Gasteiger partial charge in [-0.1, -0.05) is 18.2 Å². The smallest absolute Gasteiger partial charge is 0.416 e. The summed E-state index contributed by atoms with van der Waals surface area (Å²) in [6.45, 7) is 0.138. The van der Waals surface area contributed by atoms with Gasteiger partial charge in [0.1, 0.15) is 11.5 Å². The van der Waals surface area contributed by atoms with Crippen LogP contribution in [0.15, 0.2) is 48.5 Å². The van der Waals surface area contributed by atoms with Crippen LogP contribution in [0.5, 0.6) is 11.5 Å². The Labute approximate surface area is 147 Å². The summed E-state index contributed by atoms with van der Waals surface area (Å²) in [6, 6.07) is 10.8. The number of carbonyl (C=O) groups excluding carboxylic acids is 1. The average molecular weight is 366 g/mol. The first kappa shape index (κ1) is 18.1. The van der Waals surface area contributed by atoms with Gasteiger partial charge >= 0.3 is 12.2 Å². The molecular formula is C18H17F3N2O3. The molecular weight excluding hydrogens is 349 g/mol. The Morgan fingerprint density at radius 3 is 2.50 bits per heavy atom. The molecule has 1 saturated carbocycles. The van der Waals surface area contributed by atoms with Crippen molar-refractivity contribution in [3.8, 4) is 11.5 Å². The highest BCUT2D eigenvalue weighted by molar-refractivity contribution is 5.70. The zero-order valence-electron chi connectivity index (χ0n) is 13.6. The van der Waals surface area contributed by atoms with E-state index in [4.69, 9.17) is 10.5 Å². The van der Waals surface area contributed by atoms with Crippen molar-refractivity contribution in [1.29, 1.82) is 0 Å². The van der Waals surface area contributed by atoms with Gasteiger partial charge in [-0.3, -0.25) is 5.21 Å². The fraction of sp³-hybridized carbons (Fsp3) is 0.278. The fourth-order valence-electron chi connectivity index (χ4n) is 2.85. The number of hydrogen-bond acceptors (Lipinski definition) is 3. The average Bonchev–Trinajstić information content (AvgIpc) is 3.33. The van der Waals surface area contributed by atoms with Gasteiger partial charge in [-0.25, -0.2) is 9.86 Å². The highest BCUT2D eigenvalue weighted by Gasteiger charge is 2.40. The molecule has 8 heteroatoms. The topological polar surface area (TPSA) is 75.8 Å². The van der Waals surface area contributed by atoms with Crippen LogP contribution in [0.4, 0.5) is 18.0 Å². The minimum Gasteiger partial charge on any atom is -0.457 e. The lowest BCUT2D eigenvalue weighted by atomic mass is 10.1. The van der Waals surface area contributed by atoms with E-state index in [0.717, 1.165) is 24.1 Å². The molecule has 2 aromatic carbocycles. The standard InChI is InChI=1S/C18H17F3N2O3/c19-18(20,21)13-4-2-6-15(9-13)26-14-5-1-3-11(7-14)16-8-12(16)10-23(25)17(22)24/h1-7,9,12,16,25H,8,10H2,(H2,22,24)/t12-,16-/m0/s1. The maximum Gasteiger partial charge on any atom is 0.416 e. The quantitative estimate of drug-likeness (QED) is 0.609. The molecule has 0 spiro atoms.